The first kappa shape index (κ1) is 27.7. The standard InChI is InChI=1S/C30H35N5O4/c1-30(2,32)28(37)34-25-14-12-21-16-23(39-3)13-15-26(21)35(27(25)36)18-19-8-10-20(11-9-19)24-7-5-4-6-22(24)17-33-29(31)38/h4-11,13,15-16,25H,12,14,17-18,32H2,1-3H3,(H,34,37)(H3,31,33,38)/t25-/m1/s1. The van der Waals surface area contributed by atoms with E-state index in [0.717, 1.165) is 33.5 Å². The number of ether oxygens (including phenoxy) is 1. The number of anilines is 1. The number of hydrogen-bond acceptors (Lipinski definition) is 5. The largest absolute Gasteiger partial charge is 0.497 e. The van der Waals surface area contributed by atoms with Crippen LogP contribution in [0, 0.1) is 0 Å². The minimum absolute atomic E-state index is 0.191. The van der Waals surface area contributed by atoms with E-state index in [-0.39, 0.29) is 11.8 Å². The normalized spacial score (nSPS) is 15.2. The summed E-state index contributed by atoms with van der Waals surface area (Å²) in [5.41, 5.74) is 15.7. The van der Waals surface area contributed by atoms with Crippen molar-refractivity contribution in [3.8, 4) is 16.9 Å². The number of carbonyl (C=O) groups is 3. The highest BCUT2D eigenvalue weighted by molar-refractivity contribution is 6.01. The Labute approximate surface area is 228 Å². The second kappa shape index (κ2) is 11.6. The Balaban J connectivity index is 1.62. The van der Waals surface area contributed by atoms with Gasteiger partial charge in [-0.3, -0.25) is 9.59 Å². The van der Waals surface area contributed by atoms with Crippen molar-refractivity contribution in [1.29, 1.82) is 0 Å². The molecule has 0 spiro atoms. The Kier molecular flexibility index (Phi) is 8.21. The van der Waals surface area contributed by atoms with Gasteiger partial charge < -0.3 is 31.7 Å². The summed E-state index contributed by atoms with van der Waals surface area (Å²) in [4.78, 5) is 39.4. The monoisotopic (exact) mass is 529 g/mol. The molecule has 1 aliphatic heterocycles. The molecule has 204 valence electrons. The summed E-state index contributed by atoms with van der Waals surface area (Å²) < 4.78 is 5.41. The number of primary amides is 1. The number of hydrogen-bond donors (Lipinski definition) is 4. The summed E-state index contributed by atoms with van der Waals surface area (Å²) in [6, 6.07) is 20.1. The van der Waals surface area contributed by atoms with E-state index in [1.54, 1.807) is 25.9 Å². The Morgan fingerprint density at radius 1 is 1.08 bits per heavy atom. The highest BCUT2D eigenvalue weighted by Gasteiger charge is 2.34. The van der Waals surface area contributed by atoms with E-state index in [4.69, 9.17) is 16.2 Å². The SMILES string of the molecule is COc1ccc2c(c1)CC[C@@H](NC(=O)C(C)(C)N)C(=O)N2Cc1ccc(-c2ccccc2CNC(N)=O)cc1. The highest BCUT2D eigenvalue weighted by atomic mass is 16.5. The molecule has 39 heavy (non-hydrogen) atoms. The molecule has 0 aromatic heterocycles. The molecule has 1 atom stereocenters. The lowest BCUT2D eigenvalue weighted by Gasteiger charge is -2.28. The average molecular weight is 530 g/mol. The van der Waals surface area contributed by atoms with Gasteiger partial charge in [-0.25, -0.2) is 4.79 Å². The van der Waals surface area contributed by atoms with Crippen LogP contribution in [0.1, 0.15) is 37.0 Å². The lowest BCUT2D eigenvalue weighted by molar-refractivity contribution is -0.130. The van der Waals surface area contributed by atoms with E-state index in [2.05, 4.69) is 10.6 Å². The molecule has 9 nitrogen and oxygen atoms in total. The predicted octanol–water partition coefficient (Wildman–Crippen LogP) is 3.23. The number of methoxy groups -OCH3 is 1. The molecule has 0 aliphatic carbocycles. The fraction of sp³-hybridized carbons (Fsp3) is 0.300. The van der Waals surface area contributed by atoms with Gasteiger partial charge in [0.1, 0.15) is 11.8 Å². The molecule has 1 aliphatic rings. The van der Waals surface area contributed by atoms with Crippen LogP contribution in [0.3, 0.4) is 0 Å². The first-order valence-electron chi connectivity index (χ1n) is 12.9. The van der Waals surface area contributed by atoms with Crippen LogP contribution in [0.4, 0.5) is 10.5 Å². The molecule has 0 unspecified atom stereocenters. The van der Waals surface area contributed by atoms with Crippen molar-refractivity contribution in [3.05, 3.63) is 83.4 Å². The summed E-state index contributed by atoms with van der Waals surface area (Å²) in [6.07, 6.45) is 1.05. The maximum atomic E-state index is 13.8. The van der Waals surface area contributed by atoms with Gasteiger partial charge >= 0.3 is 6.03 Å². The van der Waals surface area contributed by atoms with Gasteiger partial charge in [0.2, 0.25) is 11.8 Å². The van der Waals surface area contributed by atoms with Crippen molar-refractivity contribution in [2.45, 2.75) is 51.4 Å². The third-order valence-corrected chi connectivity index (χ3v) is 6.81. The summed E-state index contributed by atoms with van der Waals surface area (Å²) in [7, 11) is 1.61. The third-order valence-electron chi connectivity index (χ3n) is 6.81. The van der Waals surface area contributed by atoms with Gasteiger partial charge in [-0.2, -0.15) is 0 Å². The van der Waals surface area contributed by atoms with Crippen LogP contribution in [-0.4, -0.2) is 36.5 Å². The van der Waals surface area contributed by atoms with E-state index in [1.807, 2.05) is 66.7 Å². The van der Waals surface area contributed by atoms with E-state index < -0.39 is 17.6 Å². The molecule has 9 heteroatoms. The molecule has 4 rings (SSSR count). The quantitative estimate of drug-likeness (QED) is 0.355. The molecular weight excluding hydrogens is 494 g/mol. The molecule has 0 fully saturated rings. The first-order valence-corrected chi connectivity index (χ1v) is 12.9. The molecule has 1 heterocycles. The van der Waals surface area contributed by atoms with Crippen LogP contribution in [0.25, 0.3) is 11.1 Å². The lowest BCUT2D eigenvalue weighted by atomic mass is 9.98. The van der Waals surface area contributed by atoms with Crippen molar-refractivity contribution in [2.24, 2.45) is 11.5 Å². The smallest absolute Gasteiger partial charge is 0.312 e. The molecule has 0 bridgehead atoms. The zero-order valence-electron chi connectivity index (χ0n) is 22.5. The Morgan fingerprint density at radius 3 is 2.46 bits per heavy atom. The molecule has 0 saturated heterocycles. The van der Waals surface area contributed by atoms with E-state index in [0.29, 0.717) is 31.7 Å². The second-order valence-corrected chi connectivity index (χ2v) is 10.3. The maximum absolute atomic E-state index is 13.8. The minimum atomic E-state index is -1.10. The van der Waals surface area contributed by atoms with Gasteiger partial charge in [-0.1, -0.05) is 48.5 Å². The van der Waals surface area contributed by atoms with Crippen molar-refractivity contribution < 1.29 is 19.1 Å². The maximum Gasteiger partial charge on any atom is 0.312 e. The number of nitrogens with zero attached hydrogens (tertiary/aromatic N) is 1. The molecule has 3 aromatic carbocycles. The molecule has 0 saturated carbocycles. The number of amides is 4. The van der Waals surface area contributed by atoms with Gasteiger partial charge in [-0.15, -0.1) is 0 Å². The number of aryl methyl sites for hydroxylation is 1. The van der Waals surface area contributed by atoms with E-state index in [1.165, 1.54) is 0 Å². The van der Waals surface area contributed by atoms with Crippen LogP contribution in [0.5, 0.6) is 5.75 Å². The van der Waals surface area contributed by atoms with Crippen LogP contribution >= 0.6 is 0 Å². The topological polar surface area (TPSA) is 140 Å². The van der Waals surface area contributed by atoms with Gasteiger partial charge in [0.15, 0.2) is 0 Å². The zero-order valence-corrected chi connectivity index (χ0v) is 22.5. The Morgan fingerprint density at radius 2 is 1.79 bits per heavy atom. The lowest BCUT2D eigenvalue weighted by Crippen LogP contribution is -2.56. The number of nitrogens with one attached hydrogen (secondary N) is 2. The van der Waals surface area contributed by atoms with E-state index >= 15 is 0 Å². The van der Waals surface area contributed by atoms with Crippen molar-refractivity contribution >= 4 is 23.5 Å². The number of carbonyl (C=O) groups excluding carboxylic acids is 3. The predicted molar refractivity (Wildman–Crippen MR) is 151 cm³/mol. The summed E-state index contributed by atoms with van der Waals surface area (Å²) in [5, 5.41) is 5.50. The van der Waals surface area contributed by atoms with Crippen molar-refractivity contribution in [1.82, 2.24) is 10.6 Å². The van der Waals surface area contributed by atoms with Crippen molar-refractivity contribution in [2.75, 3.05) is 12.0 Å². The number of rotatable bonds is 8. The number of urea groups is 1. The van der Waals surface area contributed by atoms with Crippen LogP contribution in [-0.2, 0) is 29.1 Å². The van der Waals surface area contributed by atoms with Gasteiger partial charge in [0.05, 0.1) is 19.2 Å². The van der Waals surface area contributed by atoms with Gasteiger partial charge in [0, 0.05) is 12.2 Å². The highest BCUT2D eigenvalue weighted by Crippen LogP contribution is 2.32. The molecular formula is C30H35N5O4. The molecule has 4 amide bonds. The van der Waals surface area contributed by atoms with Crippen LogP contribution in [0.15, 0.2) is 66.7 Å². The molecule has 3 aromatic rings. The average Bonchev–Trinajstić information content (AvgIpc) is 3.04. The van der Waals surface area contributed by atoms with E-state index in [9.17, 15) is 14.4 Å². The number of benzene rings is 3. The van der Waals surface area contributed by atoms with Crippen LogP contribution < -0.4 is 31.7 Å². The van der Waals surface area contributed by atoms with Crippen molar-refractivity contribution in [3.63, 3.8) is 0 Å². The number of nitrogens with two attached hydrogens (primary N) is 2. The minimum Gasteiger partial charge on any atom is -0.497 e. The second-order valence-electron chi connectivity index (χ2n) is 10.3. The Hall–Kier alpha value is -4.37. The first-order chi connectivity index (χ1) is 18.6. The molecule has 6 N–H and O–H groups in total. The summed E-state index contributed by atoms with van der Waals surface area (Å²) >= 11 is 0. The fourth-order valence-corrected chi connectivity index (χ4v) is 4.63. The summed E-state index contributed by atoms with van der Waals surface area (Å²) in [5.74, 6) is 0.141. The third kappa shape index (κ3) is 6.56. The fourth-order valence-electron chi connectivity index (χ4n) is 4.63. The van der Waals surface area contributed by atoms with Gasteiger partial charge in [-0.05, 0) is 72.7 Å². The molecule has 0 radical (unpaired) electrons. The van der Waals surface area contributed by atoms with Gasteiger partial charge in [0.25, 0.3) is 0 Å². The zero-order chi connectivity index (χ0) is 28.2. The van der Waals surface area contributed by atoms with Crippen LogP contribution in [0.2, 0.25) is 0 Å². The number of fused-ring (bicyclic) bond motifs is 1. The summed E-state index contributed by atoms with van der Waals surface area (Å²) in [6.45, 7) is 3.87. The Bertz CT molecular complexity index is 1360.